The molecular formula is C18H19ClS2. The summed E-state index contributed by atoms with van der Waals surface area (Å²) in [6.07, 6.45) is 2.44. The predicted octanol–water partition coefficient (Wildman–Crippen LogP) is 5.86. The van der Waals surface area contributed by atoms with Crippen LogP contribution < -0.4 is 0 Å². The Morgan fingerprint density at radius 2 is 1.62 bits per heavy atom. The molecule has 1 unspecified atom stereocenters. The van der Waals surface area contributed by atoms with Gasteiger partial charge in [0.05, 0.1) is 4.58 Å². The van der Waals surface area contributed by atoms with Gasteiger partial charge < -0.3 is 0 Å². The predicted molar refractivity (Wildman–Crippen MR) is 97.7 cm³/mol. The van der Waals surface area contributed by atoms with E-state index in [-0.39, 0.29) is 0 Å². The molecule has 0 spiro atoms. The Morgan fingerprint density at radius 3 is 2.29 bits per heavy atom. The Hall–Kier alpha value is -0.570. The van der Waals surface area contributed by atoms with Crippen LogP contribution in [0, 0.1) is 0 Å². The first-order valence-corrected chi connectivity index (χ1v) is 9.83. The highest BCUT2D eigenvalue weighted by Gasteiger charge is 2.26. The zero-order valence-electron chi connectivity index (χ0n) is 11.9. The van der Waals surface area contributed by atoms with Crippen LogP contribution in [0.2, 0.25) is 5.02 Å². The molecule has 21 heavy (non-hydrogen) atoms. The van der Waals surface area contributed by atoms with Gasteiger partial charge in [-0.2, -0.15) is 0 Å². The largest absolute Gasteiger partial charge is 0.147 e. The van der Waals surface area contributed by atoms with E-state index >= 15 is 0 Å². The van der Waals surface area contributed by atoms with Crippen molar-refractivity contribution in [3.63, 3.8) is 0 Å². The van der Waals surface area contributed by atoms with Crippen molar-refractivity contribution in [3.8, 4) is 0 Å². The summed E-state index contributed by atoms with van der Waals surface area (Å²) in [6, 6.07) is 19.3. The van der Waals surface area contributed by atoms with Crippen LogP contribution in [0.15, 0.2) is 54.6 Å². The molecule has 2 aromatic rings. The second kappa shape index (κ2) is 7.62. The molecule has 0 radical (unpaired) electrons. The van der Waals surface area contributed by atoms with Gasteiger partial charge in [-0.3, -0.25) is 0 Å². The van der Waals surface area contributed by atoms with Crippen molar-refractivity contribution < 1.29 is 0 Å². The molecule has 110 valence electrons. The number of hydrogen-bond acceptors (Lipinski definition) is 2. The summed E-state index contributed by atoms with van der Waals surface area (Å²) in [7, 11) is 0. The second-order valence-electron chi connectivity index (χ2n) is 5.31. The smallest absolute Gasteiger partial charge is 0.0574 e. The molecule has 1 fully saturated rings. The van der Waals surface area contributed by atoms with Crippen LogP contribution in [-0.2, 0) is 6.42 Å². The molecule has 3 heteroatoms. The maximum absolute atomic E-state index is 6.05. The molecule has 0 N–H and O–H groups in total. The molecule has 1 saturated heterocycles. The topological polar surface area (TPSA) is 0 Å². The molecule has 3 rings (SSSR count). The molecule has 0 aromatic heterocycles. The number of thioether (sulfide) groups is 2. The molecule has 1 heterocycles. The standard InChI is InChI=1S/C18H19ClS2/c19-16-9-7-15(8-10-16)17(18-20-11-4-12-21-18)13-14-5-2-1-3-6-14/h1-3,5-10,17-18H,4,11-13H2. The van der Waals surface area contributed by atoms with Gasteiger partial charge in [-0.15, -0.1) is 23.5 Å². The average Bonchev–Trinajstić information content (AvgIpc) is 2.55. The minimum absolute atomic E-state index is 0.556. The second-order valence-corrected chi connectivity index (χ2v) is 8.55. The van der Waals surface area contributed by atoms with Gasteiger partial charge in [0.1, 0.15) is 0 Å². The lowest BCUT2D eigenvalue weighted by Gasteiger charge is -2.30. The minimum Gasteiger partial charge on any atom is -0.147 e. The summed E-state index contributed by atoms with van der Waals surface area (Å²) in [6.45, 7) is 0. The first-order valence-electron chi connectivity index (χ1n) is 7.35. The van der Waals surface area contributed by atoms with Crippen LogP contribution in [0.4, 0.5) is 0 Å². The molecular weight excluding hydrogens is 316 g/mol. The number of benzene rings is 2. The average molecular weight is 335 g/mol. The summed E-state index contributed by atoms with van der Waals surface area (Å²) >= 11 is 10.3. The quantitative estimate of drug-likeness (QED) is 0.686. The Morgan fingerprint density at radius 1 is 0.952 bits per heavy atom. The molecule has 1 aliphatic rings. The third-order valence-electron chi connectivity index (χ3n) is 3.78. The van der Waals surface area contributed by atoms with E-state index in [4.69, 9.17) is 11.6 Å². The van der Waals surface area contributed by atoms with Crippen molar-refractivity contribution in [2.75, 3.05) is 11.5 Å². The van der Waals surface area contributed by atoms with Gasteiger partial charge >= 0.3 is 0 Å². The van der Waals surface area contributed by atoms with Crippen LogP contribution in [0.3, 0.4) is 0 Å². The van der Waals surface area contributed by atoms with Crippen molar-refractivity contribution in [2.45, 2.75) is 23.3 Å². The third kappa shape index (κ3) is 4.21. The fourth-order valence-corrected chi connectivity index (χ4v) is 6.02. The SMILES string of the molecule is Clc1ccc(C(Cc2ccccc2)C2SCCCS2)cc1. The molecule has 0 saturated carbocycles. The molecule has 0 amide bonds. The Bertz CT molecular complexity index is 547. The highest BCUT2D eigenvalue weighted by atomic mass is 35.5. The minimum atomic E-state index is 0.556. The molecule has 0 bridgehead atoms. The van der Waals surface area contributed by atoms with Crippen molar-refractivity contribution >= 4 is 35.1 Å². The molecule has 1 atom stereocenters. The van der Waals surface area contributed by atoms with Gasteiger partial charge in [0, 0.05) is 10.9 Å². The van der Waals surface area contributed by atoms with E-state index in [0.717, 1.165) is 11.4 Å². The fourth-order valence-electron chi connectivity index (χ4n) is 2.69. The molecule has 2 aromatic carbocycles. The maximum atomic E-state index is 6.05. The first kappa shape index (κ1) is 15.3. The van der Waals surface area contributed by atoms with Crippen LogP contribution in [0.1, 0.15) is 23.5 Å². The van der Waals surface area contributed by atoms with Gasteiger partial charge in [0.25, 0.3) is 0 Å². The van der Waals surface area contributed by atoms with E-state index in [0.29, 0.717) is 10.5 Å². The monoisotopic (exact) mass is 334 g/mol. The van der Waals surface area contributed by atoms with Gasteiger partial charge in [0.15, 0.2) is 0 Å². The number of halogens is 1. The van der Waals surface area contributed by atoms with E-state index in [1.807, 2.05) is 12.1 Å². The molecule has 0 aliphatic carbocycles. The highest BCUT2D eigenvalue weighted by molar-refractivity contribution is 8.17. The Kier molecular flexibility index (Phi) is 5.56. The summed E-state index contributed by atoms with van der Waals surface area (Å²) in [5.41, 5.74) is 2.83. The maximum Gasteiger partial charge on any atom is 0.0574 e. The van der Waals surface area contributed by atoms with E-state index in [1.54, 1.807) is 0 Å². The number of hydrogen-bond donors (Lipinski definition) is 0. The van der Waals surface area contributed by atoms with E-state index < -0.39 is 0 Å². The van der Waals surface area contributed by atoms with E-state index in [1.165, 1.54) is 29.1 Å². The van der Waals surface area contributed by atoms with Gasteiger partial charge in [-0.1, -0.05) is 54.1 Å². The Labute approximate surface area is 140 Å². The van der Waals surface area contributed by atoms with Crippen molar-refractivity contribution in [1.82, 2.24) is 0 Å². The van der Waals surface area contributed by atoms with E-state index in [2.05, 4.69) is 66.0 Å². The zero-order valence-corrected chi connectivity index (χ0v) is 14.3. The van der Waals surface area contributed by atoms with Crippen LogP contribution in [0.5, 0.6) is 0 Å². The van der Waals surface area contributed by atoms with Gasteiger partial charge in [-0.05, 0) is 47.6 Å². The summed E-state index contributed by atoms with van der Waals surface area (Å²) in [4.78, 5) is 0. The third-order valence-corrected chi connectivity index (χ3v) is 7.21. The summed E-state index contributed by atoms with van der Waals surface area (Å²) in [5, 5.41) is 0.821. The Balaban J connectivity index is 1.84. The highest BCUT2D eigenvalue weighted by Crippen LogP contribution is 2.42. The van der Waals surface area contributed by atoms with E-state index in [9.17, 15) is 0 Å². The lowest BCUT2D eigenvalue weighted by molar-refractivity contribution is 0.741. The van der Waals surface area contributed by atoms with Crippen molar-refractivity contribution in [3.05, 3.63) is 70.7 Å². The normalized spacial score (nSPS) is 17.6. The number of rotatable bonds is 4. The van der Waals surface area contributed by atoms with Crippen molar-refractivity contribution in [2.24, 2.45) is 0 Å². The fraction of sp³-hybridized carbons (Fsp3) is 0.333. The summed E-state index contributed by atoms with van der Waals surface area (Å²) in [5.74, 6) is 3.13. The first-order chi connectivity index (χ1) is 10.3. The molecule has 1 aliphatic heterocycles. The zero-order chi connectivity index (χ0) is 14.5. The molecule has 0 nitrogen and oxygen atoms in total. The van der Waals surface area contributed by atoms with Gasteiger partial charge in [0.2, 0.25) is 0 Å². The van der Waals surface area contributed by atoms with Crippen LogP contribution in [-0.4, -0.2) is 16.1 Å². The van der Waals surface area contributed by atoms with Gasteiger partial charge in [-0.25, -0.2) is 0 Å². The van der Waals surface area contributed by atoms with Crippen LogP contribution >= 0.6 is 35.1 Å². The summed E-state index contributed by atoms with van der Waals surface area (Å²) < 4.78 is 0.653. The van der Waals surface area contributed by atoms with Crippen molar-refractivity contribution in [1.29, 1.82) is 0 Å². The van der Waals surface area contributed by atoms with Crippen LogP contribution in [0.25, 0.3) is 0 Å². The lowest BCUT2D eigenvalue weighted by Crippen LogP contribution is -2.19. The lowest BCUT2D eigenvalue weighted by atomic mass is 9.93.